The van der Waals surface area contributed by atoms with Crippen LogP contribution in [0.3, 0.4) is 0 Å². The fraction of sp³-hybridized carbons (Fsp3) is 0.308. The Morgan fingerprint density at radius 2 is 1.77 bits per heavy atom. The summed E-state index contributed by atoms with van der Waals surface area (Å²) in [5.74, 6) is -1.91. The molecule has 1 aliphatic heterocycles. The second-order valence-corrected chi connectivity index (χ2v) is 10.8. The van der Waals surface area contributed by atoms with Crippen molar-refractivity contribution in [2.45, 2.75) is 25.9 Å². The van der Waals surface area contributed by atoms with Crippen LogP contribution in [0.15, 0.2) is 48.7 Å². The summed E-state index contributed by atoms with van der Waals surface area (Å²) in [6.07, 6.45) is 5.03. The summed E-state index contributed by atoms with van der Waals surface area (Å²) in [6, 6.07) is 10.1. The third-order valence-corrected chi connectivity index (χ3v) is 7.09. The highest BCUT2D eigenvalue weighted by Gasteiger charge is 2.15. The van der Waals surface area contributed by atoms with Crippen LogP contribution in [0.2, 0.25) is 5.02 Å². The zero-order valence-corrected chi connectivity index (χ0v) is 22.5. The van der Waals surface area contributed by atoms with Gasteiger partial charge in [0.25, 0.3) is 10.1 Å². The minimum absolute atomic E-state index is 0.0674. The van der Waals surface area contributed by atoms with Crippen molar-refractivity contribution < 1.29 is 31.3 Å². The number of hydrogen-bond acceptors (Lipinski definition) is 7. The molecule has 2 heterocycles. The Kier molecular flexibility index (Phi) is 10.6. The van der Waals surface area contributed by atoms with Gasteiger partial charge in [-0.3, -0.25) is 9.35 Å². The quantitative estimate of drug-likeness (QED) is 0.263. The van der Waals surface area contributed by atoms with Crippen LogP contribution >= 0.6 is 11.6 Å². The first-order chi connectivity index (χ1) is 18.4. The van der Waals surface area contributed by atoms with E-state index in [1.807, 2.05) is 0 Å². The van der Waals surface area contributed by atoms with Gasteiger partial charge in [0.05, 0.1) is 10.8 Å². The van der Waals surface area contributed by atoms with Gasteiger partial charge in [0, 0.05) is 29.4 Å². The highest BCUT2D eigenvalue weighted by Crippen LogP contribution is 2.30. The number of primary amides is 1. The maximum absolute atomic E-state index is 13.9. The Bertz CT molecular complexity index is 1420. The number of nitrogens with zero attached hydrogens (tertiary/aromatic N) is 2. The number of nitrogens with two attached hydrogens (primary N) is 2. The number of amides is 1. The zero-order chi connectivity index (χ0) is 28.6. The number of hydrogen-bond donors (Lipinski definition) is 3. The van der Waals surface area contributed by atoms with Crippen molar-refractivity contribution in [3.63, 3.8) is 0 Å². The van der Waals surface area contributed by atoms with Gasteiger partial charge in [-0.25, -0.2) is 13.8 Å². The second kappa shape index (κ2) is 13.7. The molecular formula is C26H29ClF2N4O5S. The predicted molar refractivity (Wildman–Crippen MR) is 145 cm³/mol. The summed E-state index contributed by atoms with van der Waals surface area (Å²) < 4.78 is 62.2. The van der Waals surface area contributed by atoms with E-state index >= 15 is 0 Å². The molecule has 1 aromatic heterocycles. The topological polar surface area (TPSA) is 149 Å². The van der Waals surface area contributed by atoms with Crippen LogP contribution in [0.1, 0.15) is 35.2 Å². The van der Waals surface area contributed by atoms with E-state index in [0.29, 0.717) is 23.2 Å². The first-order valence-electron chi connectivity index (χ1n) is 12.0. The fourth-order valence-electron chi connectivity index (χ4n) is 3.86. The summed E-state index contributed by atoms with van der Waals surface area (Å²) >= 11 is 5.79. The molecule has 2 aromatic carbocycles. The van der Waals surface area contributed by atoms with Gasteiger partial charge >= 0.3 is 0 Å². The van der Waals surface area contributed by atoms with Crippen LogP contribution in [-0.2, 0) is 16.7 Å². The Labute approximate surface area is 230 Å². The largest absolute Gasteiger partial charge is 0.485 e. The number of likely N-dealkylation sites (tertiary alicyclic amines) is 1. The number of nitrogen functional groups attached to an aromatic ring is 1. The van der Waals surface area contributed by atoms with Gasteiger partial charge < -0.3 is 21.1 Å². The molecule has 1 aliphatic rings. The van der Waals surface area contributed by atoms with Crippen molar-refractivity contribution in [1.82, 2.24) is 9.88 Å². The molecule has 39 heavy (non-hydrogen) atoms. The van der Waals surface area contributed by atoms with Gasteiger partial charge in [-0.2, -0.15) is 8.42 Å². The number of ether oxygens (including phenoxy) is 1. The van der Waals surface area contributed by atoms with Crippen LogP contribution in [0.4, 0.5) is 14.6 Å². The summed E-state index contributed by atoms with van der Waals surface area (Å²) in [5, 5.41) is -0.355. The standard InChI is InChI=1S/C19H14ClF2N3O2.C7H15NO3S/c20-17-13(14(21)4-5-15(17)22)9-27-16-7-12(8-25-18(16)23)10-2-1-3-11(6-10)19(24)26;9-12(10,11)7-6-8-4-2-1-3-5-8/h1-8H,9H2,(H2,23,25)(H2,24,26);1-7H2,(H,9,10,11). The number of carbonyl (C=O) groups excluding carboxylic acids is 1. The average Bonchev–Trinajstić information content (AvgIpc) is 2.91. The first kappa shape index (κ1) is 30.2. The Balaban J connectivity index is 0.000000293. The highest BCUT2D eigenvalue weighted by molar-refractivity contribution is 7.85. The third kappa shape index (κ3) is 9.13. The lowest BCUT2D eigenvalue weighted by Crippen LogP contribution is -2.33. The third-order valence-electron chi connectivity index (χ3n) is 5.99. The monoisotopic (exact) mass is 582 g/mol. The molecule has 0 radical (unpaired) electrons. The van der Waals surface area contributed by atoms with Crippen LogP contribution in [0, 0.1) is 11.6 Å². The number of anilines is 1. The van der Waals surface area contributed by atoms with Crippen LogP contribution in [-0.4, -0.2) is 54.1 Å². The predicted octanol–water partition coefficient (Wildman–Crippen LogP) is 4.30. The molecule has 0 aliphatic carbocycles. The van der Waals surface area contributed by atoms with E-state index in [2.05, 4.69) is 9.88 Å². The molecule has 0 bridgehead atoms. The number of benzene rings is 2. The average molecular weight is 583 g/mol. The Morgan fingerprint density at radius 3 is 2.44 bits per heavy atom. The molecule has 1 amide bonds. The molecule has 210 valence electrons. The van der Waals surface area contributed by atoms with Gasteiger partial charge in [0.2, 0.25) is 5.91 Å². The fourth-order valence-corrected chi connectivity index (χ4v) is 4.56. The highest BCUT2D eigenvalue weighted by atomic mass is 35.5. The molecule has 1 fully saturated rings. The molecule has 5 N–H and O–H groups in total. The maximum Gasteiger partial charge on any atom is 0.266 e. The van der Waals surface area contributed by atoms with Crippen molar-refractivity contribution in [2.75, 3.05) is 31.1 Å². The summed E-state index contributed by atoms with van der Waals surface area (Å²) in [6.45, 7) is 2.07. The van der Waals surface area contributed by atoms with Gasteiger partial charge in [-0.05, 0) is 61.8 Å². The molecule has 4 rings (SSSR count). The number of piperidine rings is 1. The number of aromatic nitrogens is 1. The Hall–Kier alpha value is -3.32. The smallest absolute Gasteiger partial charge is 0.266 e. The van der Waals surface area contributed by atoms with Crippen molar-refractivity contribution in [1.29, 1.82) is 0 Å². The van der Waals surface area contributed by atoms with Gasteiger partial charge in [0.1, 0.15) is 18.2 Å². The van der Waals surface area contributed by atoms with Crippen molar-refractivity contribution in [3.8, 4) is 16.9 Å². The summed E-state index contributed by atoms with van der Waals surface area (Å²) in [5.41, 5.74) is 12.6. The first-order valence-corrected chi connectivity index (χ1v) is 14.0. The molecular weight excluding hydrogens is 554 g/mol. The maximum atomic E-state index is 13.9. The lowest BCUT2D eigenvalue weighted by Gasteiger charge is -2.25. The van der Waals surface area contributed by atoms with Gasteiger partial charge in [-0.1, -0.05) is 30.2 Å². The number of rotatable bonds is 8. The minimum atomic E-state index is -3.77. The van der Waals surface area contributed by atoms with Crippen molar-refractivity contribution >= 4 is 33.4 Å². The van der Waals surface area contributed by atoms with E-state index in [9.17, 15) is 22.0 Å². The Morgan fingerprint density at radius 1 is 1.08 bits per heavy atom. The van der Waals surface area contributed by atoms with E-state index in [-0.39, 0.29) is 34.5 Å². The lowest BCUT2D eigenvalue weighted by molar-refractivity contribution is 0.1000. The molecule has 0 atom stereocenters. The molecule has 0 spiro atoms. The SMILES string of the molecule is NC(=O)c1cccc(-c2cnc(N)c(OCc3c(F)ccc(F)c3Cl)c2)c1.O=S(=O)(O)CCN1CCCCC1. The minimum Gasteiger partial charge on any atom is -0.485 e. The number of carbonyl (C=O) groups is 1. The van der Waals surface area contributed by atoms with Gasteiger partial charge in [0.15, 0.2) is 11.6 Å². The van der Waals surface area contributed by atoms with Crippen molar-refractivity contribution in [3.05, 3.63) is 76.4 Å². The number of pyridine rings is 1. The lowest BCUT2D eigenvalue weighted by atomic mass is 10.0. The second-order valence-electron chi connectivity index (χ2n) is 8.85. The van der Waals surface area contributed by atoms with E-state index in [1.165, 1.54) is 12.6 Å². The van der Waals surface area contributed by atoms with E-state index in [4.69, 9.17) is 32.4 Å². The zero-order valence-electron chi connectivity index (χ0n) is 20.9. The molecule has 13 heteroatoms. The van der Waals surface area contributed by atoms with Crippen molar-refractivity contribution in [2.24, 2.45) is 5.73 Å². The van der Waals surface area contributed by atoms with Crippen LogP contribution in [0.25, 0.3) is 11.1 Å². The molecule has 9 nitrogen and oxygen atoms in total. The summed E-state index contributed by atoms with van der Waals surface area (Å²) in [7, 11) is -3.77. The molecule has 0 saturated carbocycles. The summed E-state index contributed by atoms with van der Waals surface area (Å²) in [4.78, 5) is 17.5. The van der Waals surface area contributed by atoms with Crippen LogP contribution < -0.4 is 16.2 Å². The van der Waals surface area contributed by atoms with E-state index in [0.717, 1.165) is 38.1 Å². The van der Waals surface area contributed by atoms with E-state index < -0.39 is 27.7 Å². The molecule has 0 unspecified atom stereocenters. The molecule has 1 saturated heterocycles. The molecule has 3 aromatic rings. The van der Waals surface area contributed by atoms with Crippen LogP contribution in [0.5, 0.6) is 5.75 Å². The van der Waals surface area contributed by atoms with E-state index in [1.54, 1.807) is 30.3 Å². The number of halogens is 3. The van der Waals surface area contributed by atoms with Gasteiger partial charge in [-0.15, -0.1) is 0 Å². The normalized spacial score (nSPS) is 13.8.